The minimum atomic E-state index is -0.915. The van der Waals surface area contributed by atoms with Gasteiger partial charge in [0.1, 0.15) is 0 Å². The highest BCUT2D eigenvalue weighted by Gasteiger charge is 2.11. The van der Waals surface area contributed by atoms with E-state index in [4.69, 9.17) is 0 Å². The summed E-state index contributed by atoms with van der Waals surface area (Å²) in [5.41, 5.74) is 0.594. The van der Waals surface area contributed by atoms with E-state index < -0.39 is 10.8 Å². The molecule has 0 heterocycles. The van der Waals surface area contributed by atoms with Crippen molar-refractivity contribution in [3.05, 3.63) is 34.3 Å². The highest BCUT2D eigenvalue weighted by atomic mass is 79.9. The fraction of sp³-hybridized carbons (Fsp3) is 0.364. The summed E-state index contributed by atoms with van der Waals surface area (Å²) in [6, 6.07) is 7.22. The number of rotatable bonds is 4. The Bertz CT molecular complexity index is 409. The first-order valence-electron chi connectivity index (χ1n) is 4.87. The molecule has 16 heavy (non-hydrogen) atoms. The number of benzene rings is 1. The Morgan fingerprint density at radius 2 is 2.12 bits per heavy atom. The second kappa shape index (κ2) is 6.15. The number of hydrogen-bond acceptors (Lipinski definition) is 2. The van der Waals surface area contributed by atoms with Crippen LogP contribution in [0.3, 0.4) is 0 Å². The number of nitrogens with one attached hydrogen (secondary N) is 1. The summed E-state index contributed by atoms with van der Waals surface area (Å²) in [7, 11) is -0.915. The number of halogens is 1. The molecule has 0 aliphatic rings. The topological polar surface area (TPSA) is 46.2 Å². The Kier molecular flexibility index (Phi) is 5.15. The minimum Gasteiger partial charge on any atom is -0.351 e. The van der Waals surface area contributed by atoms with Gasteiger partial charge in [-0.15, -0.1) is 0 Å². The van der Waals surface area contributed by atoms with Gasteiger partial charge in [-0.25, -0.2) is 0 Å². The fourth-order valence-electron chi connectivity index (χ4n) is 1.09. The molecular weight excluding hydrogens is 290 g/mol. The van der Waals surface area contributed by atoms with Crippen LogP contribution in [0.2, 0.25) is 0 Å². The fourth-order valence-corrected chi connectivity index (χ4v) is 1.88. The van der Waals surface area contributed by atoms with Crippen LogP contribution in [0.5, 0.6) is 0 Å². The summed E-state index contributed by atoms with van der Waals surface area (Å²) in [6.07, 6.45) is 1.63. The lowest BCUT2D eigenvalue weighted by Gasteiger charge is -2.10. The molecule has 0 saturated carbocycles. The van der Waals surface area contributed by atoms with E-state index in [0.29, 0.717) is 12.1 Å². The molecule has 0 aromatic heterocycles. The predicted molar refractivity (Wildman–Crippen MR) is 70.0 cm³/mol. The summed E-state index contributed by atoms with van der Waals surface area (Å²) in [5, 5.41) is 2.72. The molecule has 0 radical (unpaired) electrons. The standard InChI is InChI=1S/C11H14BrNO2S/c1-8(16(2)15)7-13-11(14)9-5-3-4-6-10(9)12/h3-6,8H,7H2,1-2H3,(H,13,14). The van der Waals surface area contributed by atoms with Gasteiger partial charge in [-0.05, 0) is 35.0 Å². The lowest BCUT2D eigenvalue weighted by Crippen LogP contribution is -2.32. The Hall–Kier alpha value is -0.680. The van der Waals surface area contributed by atoms with E-state index in [0.717, 1.165) is 4.47 Å². The lowest BCUT2D eigenvalue weighted by molar-refractivity contribution is 0.0953. The van der Waals surface area contributed by atoms with Crippen LogP contribution in [-0.2, 0) is 10.8 Å². The van der Waals surface area contributed by atoms with Crippen molar-refractivity contribution in [2.75, 3.05) is 12.8 Å². The Balaban J connectivity index is 2.60. The van der Waals surface area contributed by atoms with Crippen molar-refractivity contribution in [3.63, 3.8) is 0 Å². The molecule has 1 amide bonds. The normalized spacial score (nSPS) is 14.2. The van der Waals surface area contributed by atoms with Crippen LogP contribution in [0.15, 0.2) is 28.7 Å². The molecule has 2 unspecified atom stereocenters. The third-order valence-electron chi connectivity index (χ3n) is 2.24. The van der Waals surface area contributed by atoms with Gasteiger partial charge in [0.25, 0.3) is 5.91 Å². The van der Waals surface area contributed by atoms with Gasteiger partial charge in [-0.3, -0.25) is 9.00 Å². The molecule has 3 nitrogen and oxygen atoms in total. The zero-order chi connectivity index (χ0) is 12.1. The molecule has 0 aliphatic heterocycles. The quantitative estimate of drug-likeness (QED) is 0.924. The summed E-state index contributed by atoms with van der Waals surface area (Å²) in [5.74, 6) is -0.148. The van der Waals surface area contributed by atoms with Gasteiger partial charge >= 0.3 is 0 Å². The van der Waals surface area contributed by atoms with Crippen LogP contribution in [0.25, 0.3) is 0 Å². The van der Waals surface area contributed by atoms with Gasteiger partial charge in [0.05, 0.1) is 5.56 Å². The molecule has 0 spiro atoms. The second-order valence-corrected chi connectivity index (χ2v) is 6.16. The van der Waals surface area contributed by atoms with Crippen LogP contribution in [-0.4, -0.2) is 28.2 Å². The van der Waals surface area contributed by atoms with E-state index in [9.17, 15) is 9.00 Å². The second-order valence-electron chi connectivity index (χ2n) is 3.50. The lowest BCUT2D eigenvalue weighted by atomic mass is 10.2. The van der Waals surface area contributed by atoms with E-state index in [1.165, 1.54) is 0 Å². The first-order valence-corrected chi connectivity index (χ1v) is 7.28. The summed E-state index contributed by atoms with van der Waals surface area (Å²) in [4.78, 5) is 11.8. The van der Waals surface area contributed by atoms with Crippen molar-refractivity contribution >= 4 is 32.6 Å². The summed E-state index contributed by atoms with van der Waals surface area (Å²) >= 11 is 3.31. The molecule has 0 fully saturated rings. The zero-order valence-electron chi connectivity index (χ0n) is 9.20. The van der Waals surface area contributed by atoms with Gasteiger partial charge in [0.2, 0.25) is 0 Å². The van der Waals surface area contributed by atoms with Crippen LogP contribution < -0.4 is 5.32 Å². The minimum absolute atomic E-state index is 0.0357. The first-order chi connectivity index (χ1) is 7.52. The molecular formula is C11H14BrNO2S. The van der Waals surface area contributed by atoms with Crippen LogP contribution in [0.1, 0.15) is 17.3 Å². The average molecular weight is 304 g/mol. The molecule has 1 aromatic rings. The van der Waals surface area contributed by atoms with Crippen molar-refractivity contribution in [3.8, 4) is 0 Å². The van der Waals surface area contributed by atoms with Gasteiger partial charge < -0.3 is 5.32 Å². The first kappa shape index (κ1) is 13.4. The Labute approximate surface area is 106 Å². The van der Waals surface area contributed by atoms with E-state index in [1.54, 1.807) is 18.4 Å². The van der Waals surface area contributed by atoms with Crippen LogP contribution >= 0.6 is 15.9 Å². The smallest absolute Gasteiger partial charge is 0.252 e. The highest BCUT2D eigenvalue weighted by molar-refractivity contribution is 9.10. The SMILES string of the molecule is CC(CNC(=O)c1ccccc1Br)S(C)=O. The molecule has 0 aliphatic carbocycles. The largest absolute Gasteiger partial charge is 0.351 e. The zero-order valence-corrected chi connectivity index (χ0v) is 11.6. The predicted octanol–water partition coefficient (Wildman–Crippen LogP) is 1.95. The molecule has 1 rings (SSSR count). The van der Waals surface area contributed by atoms with Gasteiger partial charge in [-0.2, -0.15) is 0 Å². The molecule has 0 saturated heterocycles. The molecule has 1 N–H and O–H groups in total. The summed E-state index contributed by atoms with van der Waals surface area (Å²) in [6.45, 7) is 2.26. The third-order valence-corrected chi connectivity index (χ3v) is 4.23. The van der Waals surface area contributed by atoms with Crippen LogP contribution in [0.4, 0.5) is 0 Å². The Morgan fingerprint density at radius 3 is 2.69 bits per heavy atom. The summed E-state index contributed by atoms with van der Waals surface area (Å²) < 4.78 is 11.9. The number of amides is 1. The monoisotopic (exact) mass is 303 g/mol. The molecule has 5 heteroatoms. The van der Waals surface area contributed by atoms with E-state index in [2.05, 4.69) is 21.2 Å². The highest BCUT2D eigenvalue weighted by Crippen LogP contribution is 2.15. The number of hydrogen-bond donors (Lipinski definition) is 1. The maximum absolute atomic E-state index is 11.8. The van der Waals surface area contributed by atoms with Crippen molar-refractivity contribution in [2.24, 2.45) is 0 Å². The van der Waals surface area contributed by atoms with E-state index >= 15 is 0 Å². The van der Waals surface area contributed by atoms with Crippen molar-refractivity contribution in [1.29, 1.82) is 0 Å². The van der Waals surface area contributed by atoms with E-state index in [-0.39, 0.29) is 11.2 Å². The van der Waals surface area contributed by atoms with Crippen LogP contribution in [0, 0.1) is 0 Å². The Morgan fingerprint density at radius 1 is 1.50 bits per heavy atom. The van der Waals surface area contributed by atoms with Crippen molar-refractivity contribution in [2.45, 2.75) is 12.2 Å². The maximum atomic E-state index is 11.8. The number of carbonyl (C=O) groups is 1. The van der Waals surface area contributed by atoms with Crippen molar-refractivity contribution < 1.29 is 9.00 Å². The van der Waals surface area contributed by atoms with Gasteiger partial charge in [0, 0.05) is 33.3 Å². The van der Waals surface area contributed by atoms with Gasteiger partial charge in [-0.1, -0.05) is 12.1 Å². The molecule has 0 bridgehead atoms. The van der Waals surface area contributed by atoms with E-state index in [1.807, 2.05) is 19.1 Å². The van der Waals surface area contributed by atoms with Gasteiger partial charge in [0.15, 0.2) is 0 Å². The maximum Gasteiger partial charge on any atom is 0.252 e. The molecule has 2 atom stereocenters. The third kappa shape index (κ3) is 3.72. The molecule has 1 aromatic carbocycles. The molecule has 88 valence electrons. The van der Waals surface area contributed by atoms with Crippen molar-refractivity contribution in [1.82, 2.24) is 5.32 Å². The number of carbonyl (C=O) groups excluding carboxylic acids is 1. The average Bonchev–Trinajstić information content (AvgIpc) is 2.25.